The molecule has 0 unspecified atom stereocenters. The summed E-state index contributed by atoms with van der Waals surface area (Å²) in [5, 5.41) is 10.4. The summed E-state index contributed by atoms with van der Waals surface area (Å²) in [4.78, 5) is 13.8. The van der Waals surface area contributed by atoms with Gasteiger partial charge in [0, 0.05) is 17.7 Å². The average Bonchev–Trinajstić information content (AvgIpc) is 2.36. The Morgan fingerprint density at radius 3 is 2.53 bits per heavy atom. The van der Waals surface area contributed by atoms with Gasteiger partial charge in [0.15, 0.2) is 0 Å². The van der Waals surface area contributed by atoms with E-state index < -0.39 is 4.92 Å². The monoisotopic (exact) mass is 239 g/mol. The van der Waals surface area contributed by atoms with Crippen molar-refractivity contribution in [2.75, 3.05) is 6.61 Å². The molecule has 0 saturated heterocycles. The van der Waals surface area contributed by atoms with Gasteiger partial charge in [-0.05, 0) is 12.8 Å². The van der Waals surface area contributed by atoms with Crippen LogP contribution in [0, 0.1) is 10.1 Å². The van der Waals surface area contributed by atoms with Crippen LogP contribution in [0.25, 0.3) is 0 Å². The first-order valence-electron chi connectivity index (χ1n) is 5.53. The molecule has 0 atom stereocenters. The molecule has 0 radical (unpaired) electrons. The van der Waals surface area contributed by atoms with Crippen LogP contribution in [-0.2, 0) is 0 Å². The number of nitrogens with zero attached hydrogens (tertiary/aromatic N) is 2. The molecule has 1 rings (SSSR count). The Balaban J connectivity index is 2.61. The van der Waals surface area contributed by atoms with E-state index in [2.05, 4.69) is 4.98 Å². The zero-order valence-electron chi connectivity index (χ0n) is 10.0. The second-order valence-corrected chi connectivity index (χ2v) is 3.97. The lowest BCUT2D eigenvalue weighted by atomic mass is 9.96. The molecule has 0 aliphatic rings. The summed E-state index contributed by atoms with van der Waals surface area (Å²) in [6.07, 6.45) is 2.78. The number of rotatable bonds is 6. The van der Waals surface area contributed by atoms with E-state index in [4.69, 9.17) is 10.5 Å². The van der Waals surface area contributed by atoms with E-state index in [1.165, 1.54) is 18.3 Å². The van der Waals surface area contributed by atoms with Crippen LogP contribution in [0.3, 0.4) is 0 Å². The number of hydrogen-bond acceptors (Lipinski definition) is 5. The van der Waals surface area contributed by atoms with E-state index in [9.17, 15) is 10.1 Å². The quantitative estimate of drug-likeness (QED) is 0.604. The second-order valence-electron chi connectivity index (χ2n) is 3.97. The predicted molar refractivity (Wildman–Crippen MR) is 63.9 cm³/mol. The minimum absolute atomic E-state index is 0.0534. The highest BCUT2D eigenvalue weighted by Gasteiger charge is 2.21. The molecule has 0 aliphatic carbocycles. The topological polar surface area (TPSA) is 91.3 Å². The lowest BCUT2D eigenvalue weighted by molar-refractivity contribution is -0.385. The predicted octanol–water partition coefficient (Wildman–Crippen LogP) is 1.89. The zero-order valence-corrected chi connectivity index (χ0v) is 10.0. The van der Waals surface area contributed by atoms with Crippen molar-refractivity contribution in [2.45, 2.75) is 32.2 Å². The first-order chi connectivity index (χ1) is 8.00. The Morgan fingerprint density at radius 1 is 1.47 bits per heavy atom. The van der Waals surface area contributed by atoms with E-state index in [-0.39, 0.29) is 11.2 Å². The molecular weight excluding hydrogens is 222 g/mol. The van der Waals surface area contributed by atoms with Gasteiger partial charge in [-0.15, -0.1) is 0 Å². The van der Waals surface area contributed by atoms with Crippen molar-refractivity contribution in [1.82, 2.24) is 4.98 Å². The molecule has 1 aromatic heterocycles. The molecular formula is C11H17N3O3. The molecule has 6 heteroatoms. The maximum Gasteiger partial charge on any atom is 0.287 e. The molecule has 2 N–H and O–H groups in total. The number of pyridine rings is 1. The molecule has 1 heterocycles. The van der Waals surface area contributed by atoms with Crippen LogP contribution < -0.4 is 10.5 Å². The lowest BCUT2D eigenvalue weighted by Crippen LogP contribution is -2.44. The molecule has 0 saturated carbocycles. The Kier molecular flexibility index (Phi) is 4.39. The molecule has 0 amide bonds. The van der Waals surface area contributed by atoms with Crippen LogP contribution in [0.15, 0.2) is 18.3 Å². The van der Waals surface area contributed by atoms with Gasteiger partial charge in [-0.3, -0.25) is 10.1 Å². The van der Waals surface area contributed by atoms with E-state index in [1.807, 2.05) is 13.8 Å². The van der Waals surface area contributed by atoms with Gasteiger partial charge < -0.3 is 10.5 Å². The van der Waals surface area contributed by atoms with Crippen molar-refractivity contribution >= 4 is 5.69 Å². The standard InChI is InChI=1S/C11H17N3O3/c1-3-11(12,4-2)8-17-10-6-5-9(7-13-10)14(15)16/h5-7H,3-4,8,12H2,1-2H3. The fraction of sp³-hybridized carbons (Fsp3) is 0.545. The van der Waals surface area contributed by atoms with Crippen LogP contribution >= 0.6 is 0 Å². The highest BCUT2D eigenvalue weighted by atomic mass is 16.6. The smallest absolute Gasteiger partial charge is 0.287 e. The van der Waals surface area contributed by atoms with Crippen LogP contribution in [0.2, 0.25) is 0 Å². The lowest BCUT2D eigenvalue weighted by Gasteiger charge is -2.25. The molecule has 0 aliphatic heterocycles. The maximum absolute atomic E-state index is 10.4. The summed E-state index contributed by atoms with van der Waals surface area (Å²) in [6, 6.07) is 2.84. The van der Waals surface area contributed by atoms with Gasteiger partial charge in [0.2, 0.25) is 5.88 Å². The number of aromatic nitrogens is 1. The summed E-state index contributed by atoms with van der Waals surface area (Å²) in [7, 11) is 0. The highest BCUT2D eigenvalue weighted by molar-refractivity contribution is 5.28. The molecule has 0 bridgehead atoms. The van der Waals surface area contributed by atoms with Gasteiger partial charge in [0.1, 0.15) is 12.8 Å². The summed E-state index contributed by atoms with van der Waals surface area (Å²) in [5.41, 5.74) is 5.64. The van der Waals surface area contributed by atoms with Crippen LogP contribution in [0.5, 0.6) is 5.88 Å². The first kappa shape index (κ1) is 13.4. The summed E-state index contributed by atoms with van der Waals surface area (Å²) in [5.74, 6) is 0.354. The molecule has 94 valence electrons. The third-order valence-corrected chi connectivity index (χ3v) is 2.85. The first-order valence-corrected chi connectivity index (χ1v) is 5.53. The minimum atomic E-state index is -0.498. The highest BCUT2D eigenvalue weighted by Crippen LogP contribution is 2.16. The molecule has 0 fully saturated rings. The fourth-order valence-electron chi connectivity index (χ4n) is 1.24. The van der Waals surface area contributed by atoms with Crippen molar-refractivity contribution in [2.24, 2.45) is 5.73 Å². The molecule has 6 nitrogen and oxygen atoms in total. The van der Waals surface area contributed by atoms with Gasteiger partial charge in [-0.1, -0.05) is 13.8 Å². The van der Waals surface area contributed by atoms with E-state index in [1.54, 1.807) is 0 Å². The molecule has 17 heavy (non-hydrogen) atoms. The van der Waals surface area contributed by atoms with E-state index >= 15 is 0 Å². The van der Waals surface area contributed by atoms with Gasteiger partial charge in [0.05, 0.1) is 4.92 Å². The van der Waals surface area contributed by atoms with Crippen LogP contribution in [0.1, 0.15) is 26.7 Å². The van der Waals surface area contributed by atoms with Crippen molar-refractivity contribution in [1.29, 1.82) is 0 Å². The van der Waals surface area contributed by atoms with E-state index in [0.717, 1.165) is 12.8 Å². The van der Waals surface area contributed by atoms with Crippen molar-refractivity contribution in [3.63, 3.8) is 0 Å². The van der Waals surface area contributed by atoms with Gasteiger partial charge in [-0.25, -0.2) is 4.98 Å². The van der Waals surface area contributed by atoms with Gasteiger partial charge >= 0.3 is 0 Å². The average molecular weight is 239 g/mol. The summed E-state index contributed by atoms with van der Waals surface area (Å²) >= 11 is 0. The van der Waals surface area contributed by atoms with Crippen LogP contribution in [-0.4, -0.2) is 22.1 Å². The van der Waals surface area contributed by atoms with E-state index in [0.29, 0.717) is 12.5 Å². The molecule has 0 aromatic carbocycles. The van der Waals surface area contributed by atoms with Crippen molar-refractivity contribution in [3.8, 4) is 5.88 Å². The van der Waals surface area contributed by atoms with Crippen molar-refractivity contribution in [3.05, 3.63) is 28.4 Å². The normalized spacial score (nSPS) is 11.2. The third-order valence-electron chi connectivity index (χ3n) is 2.85. The number of nitro groups is 1. The van der Waals surface area contributed by atoms with Crippen molar-refractivity contribution < 1.29 is 9.66 Å². The Labute approximate surface area is 99.9 Å². The minimum Gasteiger partial charge on any atom is -0.476 e. The number of nitrogens with two attached hydrogens (primary N) is 1. The largest absolute Gasteiger partial charge is 0.476 e. The van der Waals surface area contributed by atoms with Gasteiger partial charge in [0.25, 0.3) is 5.69 Å². The van der Waals surface area contributed by atoms with Gasteiger partial charge in [-0.2, -0.15) is 0 Å². The fourth-order valence-corrected chi connectivity index (χ4v) is 1.24. The second kappa shape index (κ2) is 5.58. The third kappa shape index (κ3) is 3.67. The number of ether oxygens (including phenoxy) is 1. The van der Waals surface area contributed by atoms with Crippen LogP contribution in [0.4, 0.5) is 5.69 Å². The molecule has 0 spiro atoms. The Morgan fingerprint density at radius 2 is 2.12 bits per heavy atom. The Hall–Kier alpha value is -1.69. The zero-order chi connectivity index (χ0) is 12.9. The summed E-state index contributed by atoms with van der Waals surface area (Å²) in [6.45, 7) is 4.34. The Bertz CT molecular complexity index is 374. The molecule has 1 aromatic rings. The summed E-state index contributed by atoms with van der Waals surface area (Å²) < 4.78 is 5.43. The maximum atomic E-state index is 10.4. The SMILES string of the molecule is CCC(N)(CC)COc1ccc([N+](=O)[O-])cn1. The number of hydrogen-bond donors (Lipinski definition) is 1.